The van der Waals surface area contributed by atoms with Gasteiger partial charge in [-0.2, -0.15) is 0 Å². The second-order valence-electron chi connectivity index (χ2n) is 17.9. The molecule has 3 fully saturated rings. The van der Waals surface area contributed by atoms with Crippen LogP contribution < -0.4 is 5.32 Å². The van der Waals surface area contributed by atoms with Crippen molar-refractivity contribution in [2.45, 2.75) is 240 Å². The molecule has 17 atom stereocenters. The molecule has 19 nitrogen and oxygen atoms in total. The molecule has 66 heavy (non-hydrogen) atoms. The molecular weight excluding hydrogens is 867 g/mol. The van der Waals surface area contributed by atoms with Crippen LogP contribution in [-0.2, 0) is 33.2 Å². The minimum Gasteiger partial charge on any atom is -0.394 e. The van der Waals surface area contributed by atoms with E-state index in [0.717, 1.165) is 77.0 Å². The van der Waals surface area contributed by atoms with E-state index >= 15 is 0 Å². The Morgan fingerprint density at radius 2 is 0.955 bits per heavy atom. The van der Waals surface area contributed by atoms with E-state index in [9.17, 15) is 61.0 Å². The summed E-state index contributed by atoms with van der Waals surface area (Å²) in [5, 5.41) is 119. The smallest absolute Gasteiger partial charge is 0.220 e. The van der Waals surface area contributed by atoms with Crippen LogP contribution in [0.25, 0.3) is 0 Å². The zero-order valence-corrected chi connectivity index (χ0v) is 39.2. The topological polar surface area (TPSA) is 307 Å². The summed E-state index contributed by atoms with van der Waals surface area (Å²) in [6.45, 7) is 1.58. The van der Waals surface area contributed by atoms with Crippen LogP contribution in [0, 0.1) is 0 Å². The van der Waals surface area contributed by atoms with E-state index in [-0.39, 0.29) is 18.9 Å². The third-order valence-corrected chi connectivity index (χ3v) is 12.5. The van der Waals surface area contributed by atoms with Gasteiger partial charge < -0.3 is 89.9 Å². The highest BCUT2D eigenvalue weighted by Gasteiger charge is 2.53. The summed E-state index contributed by atoms with van der Waals surface area (Å²) >= 11 is 0. The lowest BCUT2D eigenvalue weighted by Crippen LogP contribution is -2.66. The van der Waals surface area contributed by atoms with E-state index in [1.165, 1.54) is 32.1 Å². The van der Waals surface area contributed by atoms with E-state index in [2.05, 4.69) is 31.3 Å². The predicted octanol–water partition coefficient (Wildman–Crippen LogP) is 0.861. The molecule has 0 aliphatic carbocycles. The number of allylic oxidation sites excluding steroid dienone is 3. The number of carbonyl (C=O) groups is 1. The second-order valence-corrected chi connectivity index (χ2v) is 17.9. The minimum absolute atomic E-state index is 0.233. The van der Waals surface area contributed by atoms with Crippen molar-refractivity contribution in [1.29, 1.82) is 0 Å². The maximum Gasteiger partial charge on any atom is 0.220 e. The summed E-state index contributed by atoms with van der Waals surface area (Å²) in [5.74, 6) is -0.292. The lowest BCUT2D eigenvalue weighted by atomic mass is 9.96. The van der Waals surface area contributed by atoms with E-state index in [4.69, 9.17) is 28.4 Å². The molecule has 0 aromatic carbocycles. The molecule has 19 heteroatoms. The second kappa shape index (κ2) is 33.0. The quantitative estimate of drug-likeness (QED) is 0.0321. The van der Waals surface area contributed by atoms with Crippen LogP contribution in [0.3, 0.4) is 0 Å². The summed E-state index contributed by atoms with van der Waals surface area (Å²) in [7, 11) is 0. The fraction of sp³-hybridized carbons (Fsp3) is 0.894. The van der Waals surface area contributed by atoms with Gasteiger partial charge in [0.25, 0.3) is 0 Å². The number of ether oxygens (including phenoxy) is 6. The Hall–Kier alpha value is -1.73. The Morgan fingerprint density at radius 3 is 1.47 bits per heavy atom. The molecule has 3 aliphatic heterocycles. The van der Waals surface area contributed by atoms with Crippen LogP contribution in [0.5, 0.6) is 0 Å². The number of hydrogen-bond acceptors (Lipinski definition) is 18. The Kier molecular flexibility index (Phi) is 29.3. The lowest BCUT2D eigenvalue weighted by molar-refractivity contribution is -0.379. The number of carbonyl (C=O) groups excluding carboxylic acids is 1. The number of aliphatic hydroxyl groups excluding tert-OH is 11. The summed E-state index contributed by atoms with van der Waals surface area (Å²) in [5.41, 5.74) is 0. The van der Waals surface area contributed by atoms with Crippen LogP contribution >= 0.6 is 0 Å². The highest BCUT2D eigenvalue weighted by molar-refractivity contribution is 5.76. The Morgan fingerprint density at radius 1 is 0.530 bits per heavy atom. The van der Waals surface area contributed by atoms with Crippen molar-refractivity contribution in [2.75, 3.05) is 26.4 Å². The van der Waals surface area contributed by atoms with Gasteiger partial charge in [-0.25, -0.2) is 0 Å². The summed E-state index contributed by atoms with van der Waals surface area (Å²) in [6.07, 6.45) is 0.804. The van der Waals surface area contributed by atoms with Crippen LogP contribution in [0.4, 0.5) is 0 Å². The van der Waals surface area contributed by atoms with E-state index < -0.39 is 124 Å². The standard InChI is InChI=1S/C47H85NO18/c1-3-5-7-9-11-12-13-14-15-16-17-19-21-23-25-35(53)48-30(31(52)24-22-20-18-10-8-6-4-2)29-61-45-41(59)38(56)43(33(27-50)63-45)66-47-42(60)39(57)44(34(28-51)64-47)65-46-40(58)37(55)36(54)32(26-49)62-46/h13-14,22,24,30-34,36-47,49-52,54-60H,3-12,15-21,23,25-29H2,1-2H3,(H,48,53)/b14-13-,24-22+. The molecule has 0 saturated carbocycles. The lowest BCUT2D eigenvalue weighted by Gasteiger charge is -2.48. The van der Waals surface area contributed by atoms with Crippen molar-refractivity contribution in [2.24, 2.45) is 0 Å². The number of unbranched alkanes of at least 4 members (excludes halogenated alkanes) is 15. The molecule has 1 amide bonds. The molecule has 0 bridgehead atoms. The molecular formula is C47H85NO18. The van der Waals surface area contributed by atoms with Gasteiger partial charge in [0.1, 0.15) is 73.2 Å². The summed E-state index contributed by atoms with van der Waals surface area (Å²) < 4.78 is 34.0. The normalized spacial score (nSPS) is 34.0. The zero-order chi connectivity index (χ0) is 48.4. The number of nitrogens with one attached hydrogen (secondary N) is 1. The highest BCUT2D eigenvalue weighted by atomic mass is 16.8. The molecule has 0 spiro atoms. The van der Waals surface area contributed by atoms with Crippen LogP contribution in [-0.4, -0.2) is 193 Å². The third kappa shape index (κ3) is 19.2. The van der Waals surface area contributed by atoms with Crippen LogP contribution in [0.2, 0.25) is 0 Å². The number of amides is 1. The van der Waals surface area contributed by atoms with Gasteiger partial charge in [-0.05, 0) is 44.9 Å². The van der Waals surface area contributed by atoms with Crippen molar-refractivity contribution in [3.8, 4) is 0 Å². The fourth-order valence-corrected chi connectivity index (χ4v) is 8.30. The molecule has 386 valence electrons. The Balaban J connectivity index is 1.56. The van der Waals surface area contributed by atoms with Gasteiger partial charge in [-0.3, -0.25) is 4.79 Å². The van der Waals surface area contributed by atoms with Gasteiger partial charge in [-0.15, -0.1) is 0 Å². The van der Waals surface area contributed by atoms with Crippen LogP contribution in [0.1, 0.15) is 136 Å². The van der Waals surface area contributed by atoms with Crippen molar-refractivity contribution >= 4 is 5.91 Å². The Labute approximate surface area is 390 Å². The molecule has 3 rings (SSSR count). The van der Waals surface area contributed by atoms with Crippen LogP contribution in [0.15, 0.2) is 24.3 Å². The SMILES string of the molecule is CCCCCCC/C=C\CCCCCCCC(=O)NC(COC1OC(CO)C(OC2OC(CO)C(OC3OC(CO)C(O)C(O)C3O)C(O)C2O)C(O)C1O)C(O)/C=C/CCCCCCC. The first-order valence-corrected chi connectivity index (χ1v) is 24.6. The van der Waals surface area contributed by atoms with Gasteiger partial charge in [0.05, 0.1) is 38.6 Å². The molecule has 0 aromatic rings. The van der Waals surface area contributed by atoms with Gasteiger partial charge >= 0.3 is 0 Å². The van der Waals surface area contributed by atoms with Gasteiger partial charge in [0, 0.05) is 6.42 Å². The average Bonchev–Trinajstić information content (AvgIpc) is 3.31. The van der Waals surface area contributed by atoms with Crippen molar-refractivity contribution in [1.82, 2.24) is 5.32 Å². The Bertz CT molecular complexity index is 1330. The van der Waals surface area contributed by atoms with E-state index in [1.54, 1.807) is 6.08 Å². The maximum absolute atomic E-state index is 13.1. The first-order valence-electron chi connectivity index (χ1n) is 24.6. The van der Waals surface area contributed by atoms with Gasteiger partial charge in [0.15, 0.2) is 18.9 Å². The largest absolute Gasteiger partial charge is 0.394 e. The third-order valence-electron chi connectivity index (χ3n) is 12.5. The molecule has 17 unspecified atom stereocenters. The number of hydrogen-bond donors (Lipinski definition) is 12. The van der Waals surface area contributed by atoms with Crippen molar-refractivity contribution < 1.29 is 89.4 Å². The molecule has 12 N–H and O–H groups in total. The summed E-state index contributed by atoms with van der Waals surface area (Å²) in [6, 6.07) is -0.970. The summed E-state index contributed by atoms with van der Waals surface area (Å²) in [4.78, 5) is 13.1. The monoisotopic (exact) mass is 952 g/mol. The predicted molar refractivity (Wildman–Crippen MR) is 240 cm³/mol. The molecule has 3 aliphatic rings. The molecule has 3 saturated heterocycles. The molecule has 3 heterocycles. The van der Waals surface area contributed by atoms with Gasteiger partial charge in [-0.1, -0.05) is 109 Å². The first kappa shape index (κ1) is 58.6. The fourth-order valence-electron chi connectivity index (χ4n) is 8.30. The van der Waals surface area contributed by atoms with Crippen molar-refractivity contribution in [3.05, 3.63) is 24.3 Å². The number of aliphatic hydroxyl groups is 11. The maximum atomic E-state index is 13.1. The van der Waals surface area contributed by atoms with Gasteiger partial charge in [0.2, 0.25) is 5.91 Å². The van der Waals surface area contributed by atoms with Crippen molar-refractivity contribution in [3.63, 3.8) is 0 Å². The van der Waals surface area contributed by atoms with E-state index in [0.29, 0.717) is 6.42 Å². The number of rotatable bonds is 33. The highest BCUT2D eigenvalue weighted by Crippen LogP contribution is 2.33. The zero-order valence-electron chi connectivity index (χ0n) is 39.2. The molecule has 0 radical (unpaired) electrons. The minimum atomic E-state index is -1.97. The van der Waals surface area contributed by atoms with E-state index in [1.807, 2.05) is 6.08 Å². The average molecular weight is 952 g/mol. The first-order chi connectivity index (χ1) is 31.8. The molecule has 0 aromatic heterocycles.